The molecule has 0 saturated heterocycles. The lowest BCUT2D eigenvalue weighted by atomic mass is 10.1. The number of para-hydroxylation sites is 2. The quantitative estimate of drug-likeness (QED) is 0.737. The van der Waals surface area contributed by atoms with Gasteiger partial charge in [0.1, 0.15) is 0 Å². The van der Waals surface area contributed by atoms with Crippen molar-refractivity contribution in [3.8, 4) is 0 Å². The third-order valence-electron chi connectivity index (χ3n) is 2.85. The minimum atomic E-state index is 0.107. The zero-order valence-corrected chi connectivity index (χ0v) is 10.1. The van der Waals surface area contributed by atoms with Crippen LogP contribution in [0.5, 0.6) is 0 Å². The van der Waals surface area contributed by atoms with E-state index in [9.17, 15) is 4.79 Å². The number of amides is 1. The maximum atomic E-state index is 11.9. The first-order valence-electron chi connectivity index (χ1n) is 5.40. The number of hydrogen-bond acceptors (Lipinski definition) is 2. The van der Waals surface area contributed by atoms with E-state index in [0.717, 1.165) is 24.5 Å². The van der Waals surface area contributed by atoms with Crippen LogP contribution in [0.25, 0.3) is 0 Å². The molecule has 86 valence electrons. The second kappa shape index (κ2) is 4.74. The van der Waals surface area contributed by atoms with Crippen LogP contribution in [0.4, 0.5) is 11.4 Å². The van der Waals surface area contributed by atoms with Gasteiger partial charge in [-0.3, -0.25) is 4.79 Å². The average molecular weight is 239 g/mol. The van der Waals surface area contributed by atoms with E-state index in [1.807, 2.05) is 36.2 Å². The summed E-state index contributed by atoms with van der Waals surface area (Å²) in [6, 6.07) is 7.97. The van der Waals surface area contributed by atoms with Crippen molar-refractivity contribution in [2.45, 2.75) is 6.42 Å². The molecule has 0 N–H and O–H groups in total. The third kappa shape index (κ3) is 2.00. The van der Waals surface area contributed by atoms with Gasteiger partial charge in [0.15, 0.2) is 0 Å². The normalized spacial score (nSPS) is 14.9. The second-order valence-corrected chi connectivity index (χ2v) is 4.27. The topological polar surface area (TPSA) is 23.6 Å². The molecule has 1 aliphatic rings. The molecule has 1 heterocycles. The van der Waals surface area contributed by atoms with Crippen molar-refractivity contribution >= 4 is 28.9 Å². The Kier molecular flexibility index (Phi) is 3.34. The number of alkyl halides is 1. The highest BCUT2D eigenvalue weighted by atomic mass is 35.5. The standard InChI is InChI=1S/C12H15ClN2O/c1-14-8-9-15(12(16)6-7-13)11-5-3-2-4-10(11)14/h2-5H,6-9H2,1H3. The molecule has 0 bridgehead atoms. The zero-order chi connectivity index (χ0) is 11.5. The van der Waals surface area contributed by atoms with Crippen molar-refractivity contribution < 1.29 is 4.79 Å². The molecular formula is C12H15ClN2O. The van der Waals surface area contributed by atoms with Crippen molar-refractivity contribution in [3.63, 3.8) is 0 Å². The number of carbonyl (C=O) groups is 1. The summed E-state index contributed by atoms with van der Waals surface area (Å²) in [7, 11) is 2.04. The van der Waals surface area contributed by atoms with Crippen LogP contribution >= 0.6 is 11.6 Å². The van der Waals surface area contributed by atoms with Gasteiger partial charge in [0.2, 0.25) is 5.91 Å². The Labute approximate surface area is 101 Å². The molecule has 4 heteroatoms. The van der Waals surface area contributed by atoms with Crippen LogP contribution in [0.1, 0.15) is 6.42 Å². The molecule has 0 fully saturated rings. The maximum absolute atomic E-state index is 11.9. The fourth-order valence-corrected chi connectivity index (χ4v) is 2.14. The Balaban J connectivity index is 2.31. The lowest BCUT2D eigenvalue weighted by Gasteiger charge is -2.35. The van der Waals surface area contributed by atoms with Crippen LogP contribution in [0, 0.1) is 0 Å². The number of halogens is 1. The minimum absolute atomic E-state index is 0.107. The monoisotopic (exact) mass is 238 g/mol. The number of anilines is 2. The number of hydrogen-bond donors (Lipinski definition) is 0. The summed E-state index contributed by atoms with van der Waals surface area (Å²) < 4.78 is 0. The van der Waals surface area contributed by atoms with Crippen LogP contribution in [0.2, 0.25) is 0 Å². The molecule has 0 unspecified atom stereocenters. The SMILES string of the molecule is CN1CCN(C(=O)CCCl)c2ccccc21. The molecule has 1 aromatic carbocycles. The highest BCUT2D eigenvalue weighted by Gasteiger charge is 2.23. The molecule has 0 aliphatic carbocycles. The maximum Gasteiger partial charge on any atom is 0.228 e. The lowest BCUT2D eigenvalue weighted by Crippen LogP contribution is -2.42. The molecule has 0 radical (unpaired) electrons. The molecular weight excluding hydrogens is 224 g/mol. The van der Waals surface area contributed by atoms with E-state index in [0.29, 0.717) is 12.3 Å². The molecule has 0 saturated carbocycles. The molecule has 3 nitrogen and oxygen atoms in total. The predicted molar refractivity (Wildman–Crippen MR) is 67.4 cm³/mol. The highest BCUT2D eigenvalue weighted by Crippen LogP contribution is 2.31. The van der Waals surface area contributed by atoms with Crippen LogP contribution in [0.3, 0.4) is 0 Å². The smallest absolute Gasteiger partial charge is 0.228 e. The Bertz CT molecular complexity index is 394. The van der Waals surface area contributed by atoms with Crippen LogP contribution < -0.4 is 9.80 Å². The van der Waals surface area contributed by atoms with E-state index in [4.69, 9.17) is 11.6 Å². The van der Waals surface area contributed by atoms with Crippen molar-refractivity contribution in [1.29, 1.82) is 0 Å². The van der Waals surface area contributed by atoms with Crippen LogP contribution in [-0.4, -0.2) is 31.9 Å². The largest absolute Gasteiger partial charge is 0.371 e. The van der Waals surface area contributed by atoms with E-state index >= 15 is 0 Å². The first-order valence-corrected chi connectivity index (χ1v) is 5.94. The number of nitrogens with zero attached hydrogens (tertiary/aromatic N) is 2. The van der Waals surface area contributed by atoms with Gasteiger partial charge in [-0.1, -0.05) is 12.1 Å². The van der Waals surface area contributed by atoms with Crippen LogP contribution in [0.15, 0.2) is 24.3 Å². The van der Waals surface area contributed by atoms with Gasteiger partial charge in [0.05, 0.1) is 11.4 Å². The van der Waals surface area contributed by atoms with E-state index < -0.39 is 0 Å². The van der Waals surface area contributed by atoms with Crippen LogP contribution in [-0.2, 0) is 4.79 Å². The van der Waals surface area contributed by atoms with Gasteiger partial charge in [-0.25, -0.2) is 0 Å². The summed E-state index contributed by atoms with van der Waals surface area (Å²) in [6.07, 6.45) is 0.402. The van der Waals surface area contributed by atoms with E-state index in [1.54, 1.807) is 0 Å². The summed E-state index contributed by atoms with van der Waals surface area (Å²) in [4.78, 5) is 15.9. The Morgan fingerprint density at radius 3 is 2.69 bits per heavy atom. The van der Waals surface area contributed by atoms with Crippen molar-refractivity contribution in [2.75, 3.05) is 35.8 Å². The van der Waals surface area contributed by atoms with Gasteiger partial charge < -0.3 is 9.80 Å². The number of carbonyl (C=O) groups excluding carboxylic acids is 1. The number of likely N-dealkylation sites (N-methyl/N-ethyl adjacent to an activating group) is 1. The van der Waals surface area contributed by atoms with Crippen molar-refractivity contribution in [1.82, 2.24) is 0 Å². The highest BCUT2D eigenvalue weighted by molar-refractivity contribution is 6.19. The second-order valence-electron chi connectivity index (χ2n) is 3.89. The number of rotatable bonds is 2. The molecule has 0 spiro atoms. The molecule has 16 heavy (non-hydrogen) atoms. The molecule has 1 aromatic rings. The van der Waals surface area contributed by atoms with E-state index in [1.165, 1.54) is 0 Å². The fourth-order valence-electron chi connectivity index (χ4n) is 1.98. The molecule has 0 atom stereocenters. The van der Waals surface area contributed by atoms with Gasteiger partial charge in [0, 0.05) is 32.4 Å². The first-order chi connectivity index (χ1) is 7.74. The molecule has 1 amide bonds. The van der Waals surface area contributed by atoms with Gasteiger partial charge in [-0.2, -0.15) is 0 Å². The Hall–Kier alpha value is -1.22. The van der Waals surface area contributed by atoms with Crippen molar-refractivity contribution in [2.24, 2.45) is 0 Å². The number of fused-ring (bicyclic) bond motifs is 1. The van der Waals surface area contributed by atoms with E-state index in [-0.39, 0.29) is 5.91 Å². The molecule has 1 aliphatic heterocycles. The summed E-state index contributed by atoms with van der Waals surface area (Å²) in [5, 5.41) is 0. The summed E-state index contributed by atoms with van der Waals surface area (Å²) >= 11 is 5.61. The predicted octanol–water partition coefficient (Wildman–Crippen LogP) is 2.10. The summed E-state index contributed by atoms with van der Waals surface area (Å²) in [5.41, 5.74) is 2.10. The minimum Gasteiger partial charge on any atom is -0.371 e. The Morgan fingerprint density at radius 2 is 2.00 bits per heavy atom. The van der Waals surface area contributed by atoms with Gasteiger partial charge >= 0.3 is 0 Å². The Morgan fingerprint density at radius 1 is 1.31 bits per heavy atom. The third-order valence-corrected chi connectivity index (χ3v) is 3.04. The fraction of sp³-hybridized carbons (Fsp3) is 0.417. The molecule has 0 aromatic heterocycles. The van der Waals surface area contributed by atoms with Gasteiger partial charge in [-0.15, -0.1) is 11.6 Å². The van der Waals surface area contributed by atoms with Gasteiger partial charge in [-0.05, 0) is 12.1 Å². The number of benzene rings is 1. The summed E-state index contributed by atoms with van der Waals surface area (Å²) in [5.74, 6) is 0.489. The average Bonchev–Trinajstić information content (AvgIpc) is 2.30. The van der Waals surface area contributed by atoms with Crippen molar-refractivity contribution in [3.05, 3.63) is 24.3 Å². The lowest BCUT2D eigenvalue weighted by molar-refractivity contribution is -0.118. The zero-order valence-electron chi connectivity index (χ0n) is 9.32. The summed E-state index contributed by atoms with van der Waals surface area (Å²) in [6.45, 7) is 1.61. The van der Waals surface area contributed by atoms with Gasteiger partial charge in [0.25, 0.3) is 0 Å². The molecule has 2 rings (SSSR count). The first kappa shape index (κ1) is 11.3. The van der Waals surface area contributed by atoms with E-state index in [2.05, 4.69) is 4.90 Å².